The number of nitrogens with one attached hydrogen (secondary N) is 1. The van der Waals surface area contributed by atoms with Crippen LogP contribution in [0.4, 0.5) is 14.9 Å². The average molecular weight is 809 g/mol. The second-order valence-electron chi connectivity index (χ2n) is 15.4. The van der Waals surface area contributed by atoms with Crippen molar-refractivity contribution in [1.29, 1.82) is 0 Å². The van der Waals surface area contributed by atoms with Gasteiger partial charge < -0.3 is 44.6 Å². The number of methoxy groups -OCH3 is 1. The van der Waals surface area contributed by atoms with Crippen molar-refractivity contribution in [2.24, 2.45) is 21.6 Å². The summed E-state index contributed by atoms with van der Waals surface area (Å²) in [6.07, 6.45) is 2.05. The SMILES string of the molecule is COc1cc(OCCO)c(F)c([C@@H](Nc2ccc(C(N)=NC(=O)OCC(C)(C)C)cc2)c2nc(OCOC(=O)C(C)(C)C(=O)OC(C)(C)C)n(-c3ncccn3)n2)c1. The number of nitrogens with two attached hydrogens (primary N) is 1. The van der Waals surface area contributed by atoms with Crippen LogP contribution in [-0.4, -0.2) is 93.0 Å². The molecule has 0 aliphatic heterocycles. The largest absolute Gasteiger partial charge is 0.497 e. The van der Waals surface area contributed by atoms with Crippen molar-refractivity contribution in [3.8, 4) is 23.5 Å². The number of aliphatic hydroxyl groups excluding tert-OH is 1. The molecule has 2 heterocycles. The van der Waals surface area contributed by atoms with Crippen LogP contribution >= 0.6 is 0 Å². The molecule has 0 unspecified atom stereocenters. The van der Waals surface area contributed by atoms with Crippen LogP contribution in [0, 0.1) is 16.6 Å². The number of aromatic nitrogens is 5. The number of esters is 2. The Kier molecular flexibility index (Phi) is 14.3. The van der Waals surface area contributed by atoms with Gasteiger partial charge in [-0.05, 0) is 76.4 Å². The van der Waals surface area contributed by atoms with Crippen molar-refractivity contribution < 1.29 is 52.3 Å². The molecule has 58 heavy (non-hydrogen) atoms. The fourth-order valence-electron chi connectivity index (χ4n) is 4.70. The zero-order valence-electron chi connectivity index (χ0n) is 33.9. The quantitative estimate of drug-likeness (QED) is 0.0341. The molecule has 0 radical (unpaired) electrons. The van der Waals surface area contributed by atoms with Gasteiger partial charge in [0.2, 0.25) is 6.79 Å². The maximum absolute atomic E-state index is 16.4. The highest BCUT2D eigenvalue weighted by Crippen LogP contribution is 2.36. The maximum atomic E-state index is 16.4. The van der Waals surface area contributed by atoms with Gasteiger partial charge in [-0.25, -0.2) is 19.2 Å². The molecule has 1 atom stereocenters. The molecule has 0 saturated carbocycles. The molecule has 0 bridgehead atoms. The Labute approximate surface area is 334 Å². The third-order valence-electron chi connectivity index (χ3n) is 7.66. The molecular weight excluding hydrogens is 759 g/mol. The molecule has 1 amide bonds. The standard InChI is InChI=1S/C39H49FN8O10/c1-37(2,3)21-55-36(52)45-30(41)23-11-13-24(14-12-23)44-29(26-19-25(53-9)20-27(28(26)40)54-18-17-49)31-46-35(48(47-31)34-42-15-10-16-43-34)57-22-56-32(50)39(7,8)33(51)58-38(4,5)6/h10-16,19-20,29,44,49H,17-18,21-22H2,1-9H3,(H2,41,45,52)/t29-/m1/s1. The summed E-state index contributed by atoms with van der Waals surface area (Å²) in [6, 6.07) is 9.17. The number of amidine groups is 1. The number of rotatable bonds is 16. The number of ether oxygens (including phenoxy) is 6. The Bertz CT molecular complexity index is 2080. The molecule has 2 aromatic carbocycles. The number of amides is 1. The van der Waals surface area contributed by atoms with Crippen LogP contribution in [0.3, 0.4) is 0 Å². The second-order valence-corrected chi connectivity index (χ2v) is 15.4. The van der Waals surface area contributed by atoms with E-state index in [4.69, 9.17) is 34.2 Å². The van der Waals surface area contributed by atoms with E-state index in [2.05, 4.69) is 30.4 Å². The molecule has 4 rings (SSSR count). The second kappa shape index (κ2) is 18.7. The van der Waals surface area contributed by atoms with Crippen molar-refractivity contribution >= 4 is 29.6 Å². The van der Waals surface area contributed by atoms with Crippen LogP contribution in [0.1, 0.15) is 78.4 Å². The van der Waals surface area contributed by atoms with Crippen LogP contribution in [-0.2, 0) is 23.8 Å². The Balaban J connectivity index is 1.74. The van der Waals surface area contributed by atoms with Gasteiger partial charge in [-0.1, -0.05) is 20.8 Å². The summed E-state index contributed by atoms with van der Waals surface area (Å²) in [6.45, 7) is 12.3. The van der Waals surface area contributed by atoms with E-state index in [-0.39, 0.29) is 65.9 Å². The molecule has 18 nitrogen and oxygen atoms in total. The van der Waals surface area contributed by atoms with Crippen molar-refractivity contribution in [3.63, 3.8) is 0 Å². The van der Waals surface area contributed by atoms with Gasteiger partial charge in [-0.15, -0.1) is 9.78 Å². The van der Waals surface area contributed by atoms with E-state index in [9.17, 15) is 19.5 Å². The number of hydrogen-bond acceptors (Lipinski definition) is 15. The summed E-state index contributed by atoms with van der Waals surface area (Å²) >= 11 is 0. The Morgan fingerprint density at radius 2 is 1.64 bits per heavy atom. The predicted molar refractivity (Wildman–Crippen MR) is 207 cm³/mol. The summed E-state index contributed by atoms with van der Waals surface area (Å²) in [7, 11) is 1.38. The Morgan fingerprint density at radius 3 is 2.24 bits per heavy atom. The maximum Gasteiger partial charge on any atom is 0.435 e. The first-order chi connectivity index (χ1) is 27.2. The lowest BCUT2D eigenvalue weighted by molar-refractivity contribution is -0.180. The minimum Gasteiger partial charge on any atom is -0.497 e. The number of carbonyl (C=O) groups excluding carboxylic acids is 3. The fraction of sp³-hybridized carbons (Fsp3) is 0.436. The third kappa shape index (κ3) is 12.1. The van der Waals surface area contributed by atoms with E-state index in [1.807, 2.05) is 20.8 Å². The van der Waals surface area contributed by atoms with Gasteiger partial charge in [-0.2, -0.15) is 9.98 Å². The number of hydrogen-bond donors (Lipinski definition) is 3. The molecule has 2 aromatic heterocycles. The number of aliphatic hydroxyl groups is 1. The van der Waals surface area contributed by atoms with Crippen LogP contribution in [0.25, 0.3) is 5.95 Å². The molecule has 0 fully saturated rings. The first-order valence-electron chi connectivity index (χ1n) is 18.0. The first kappa shape index (κ1) is 44.3. The smallest absolute Gasteiger partial charge is 0.435 e. The van der Waals surface area contributed by atoms with E-state index in [1.165, 1.54) is 45.5 Å². The molecule has 0 saturated heterocycles. The van der Waals surface area contributed by atoms with Gasteiger partial charge in [0.1, 0.15) is 29.8 Å². The molecule has 0 spiro atoms. The van der Waals surface area contributed by atoms with Gasteiger partial charge in [-0.3, -0.25) is 9.59 Å². The highest BCUT2D eigenvalue weighted by Gasteiger charge is 2.41. The van der Waals surface area contributed by atoms with E-state index < -0.39 is 47.7 Å². The van der Waals surface area contributed by atoms with Crippen molar-refractivity contribution in [2.45, 2.75) is 67.0 Å². The number of aliphatic imine (C=N–C) groups is 1. The lowest BCUT2D eigenvalue weighted by atomic mass is 9.93. The molecule has 4 N–H and O–H groups in total. The van der Waals surface area contributed by atoms with E-state index in [0.29, 0.717) is 11.3 Å². The van der Waals surface area contributed by atoms with Crippen molar-refractivity contribution in [1.82, 2.24) is 24.7 Å². The van der Waals surface area contributed by atoms with Gasteiger partial charge in [0, 0.05) is 35.3 Å². The minimum absolute atomic E-state index is 0.00589. The zero-order valence-corrected chi connectivity index (χ0v) is 33.9. The molecule has 312 valence electrons. The Hall–Kier alpha value is -6.37. The van der Waals surface area contributed by atoms with Crippen LogP contribution in [0.15, 0.2) is 59.9 Å². The number of anilines is 1. The number of halogens is 1. The van der Waals surface area contributed by atoms with Crippen LogP contribution in [0.2, 0.25) is 0 Å². The molecule has 19 heteroatoms. The number of benzene rings is 2. The van der Waals surface area contributed by atoms with Gasteiger partial charge in [0.05, 0.1) is 20.3 Å². The highest BCUT2D eigenvalue weighted by molar-refractivity contribution is 6.03. The van der Waals surface area contributed by atoms with E-state index in [1.54, 1.807) is 51.1 Å². The summed E-state index contributed by atoms with van der Waals surface area (Å²) in [5, 5.41) is 17.2. The Morgan fingerprint density at radius 1 is 0.966 bits per heavy atom. The summed E-state index contributed by atoms with van der Waals surface area (Å²) < 4.78 is 50.1. The van der Waals surface area contributed by atoms with E-state index in [0.717, 1.165) is 4.68 Å². The van der Waals surface area contributed by atoms with Gasteiger partial charge in [0.25, 0.3) is 5.95 Å². The molecule has 4 aromatic rings. The van der Waals surface area contributed by atoms with Crippen LogP contribution in [0.5, 0.6) is 17.5 Å². The number of carbonyl (C=O) groups is 3. The topological polar surface area (TPSA) is 234 Å². The van der Waals surface area contributed by atoms with Gasteiger partial charge in [0.15, 0.2) is 22.8 Å². The normalized spacial score (nSPS) is 12.6. The third-order valence-corrected chi connectivity index (χ3v) is 7.66. The zero-order chi connectivity index (χ0) is 42.8. The fourth-order valence-corrected chi connectivity index (χ4v) is 4.70. The van der Waals surface area contributed by atoms with Crippen molar-refractivity contribution in [3.05, 3.63) is 77.6 Å². The molecule has 0 aliphatic carbocycles. The monoisotopic (exact) mass is 808 g/mol. The number of nitrogens with zero attached hydrogens (tertiary/aromatic N) is 6. The summed E-state index contributed by atoms with van der Waals surface area (Å²) in [5.74, 6) is -2.78. The van der Waals surface area contributed by atoms with E-state index >= 15 is 4.39 Å². The predicted octanol–water partition coefficient (Wildman–Crippen LogP) is 4.91. The lowest BCUT2D eigenvalue weighted by Gasteiger charge is -2.26. The molecule has 0 aliphatic rings. The lowest BCUT2D eigenvalue weighted by Crippen LogP contribution is -2.40. The minimum atomic E-state index is -1.69. The molecular formula is C39H49FN8O10. The van der Waals surface area contributed by atoms with Gasteiger partial charge >= 0.3 is 24.0 Å². The summed E-state index contributed by atoms with van der Waals surface area (Å²) in [5.41, 5.74) is 4.05. The summed E-state index contributed by atoms with van der Waals surface area (Å²) in [4.78, 5) is 54.9. The average Bonchev–Trinajstić information content (AvgIpc) is 3.59. The highest BCUT2D eigenvalue weighted by atomic mass is 19.1. The first-order valence-corrected chi connectivity index (χ1v) is 18.0. The van der Waals surface area contributed by atoms with Crippen LogP contribution < -0.4 is 25.3 Å². The van der Waals surface area contributed by atoms with Crippen molar-refractivity contribution in [2.75, 3.05) is 39.0 Å².